The number of hydrogen-bond donors (Lipinski definition) is 0. The molecule has 0 atom stereocenters. The largest absolute Gasteiger partial charge is 0.480 e. The highest BCUT2D eigenvalue weighted by Crippen LogP contribution is 2.18. The van der Waals surface area contributed by atoms with Crippen LogP contribution in [0.25, 0.3) is 0 Å². The summed E-state index contributed by atoms with van der Waals surface area (Å²) in [5.41, 5.74) is 0.179. The van der Waals surface area contributed by atoms with Crippen molar-refractivity contribution in [3.05, 3.63) is 11.9 Å². The quantitative estimate of drug-likeness (QED) is 0.483. The monoisotopic (exact) mass is 270 g/mol. The predicted octanol–water partition coefficient (Wildman–Crippen LogP) is 0.730. The lowest BCUT2D eigenvalue weighted by molar-refractivity contribution is 0.0638. The zero-order valence-electron chi connectivity index (χ0n) is 11.3. The number of hydrogen-bond acceptors (Lipinski definition) is 7. The third kappa shape index (κ3) is 4.80. The van der Waals surface area contributed by atoms with E-state index in [1.165, 1.54) is 20.4 Å². The van der Waals surface area contributed by atoms with Crippen LogP contribution < -0.4 is 9.47 Å². The molecule has 0 fully saturated rings. The smallest absolute Gasteiger partial charge is 0.246 e. The van der Waals surface area contributed by atoms with Crippen molar-refractivity contribution in [1.29, 1.82) is 0 Å². The Balaban J connectivity index is 2.56. The molecule has 0 bridgehead atoms. The lowest BCUT2D eigenvalue weighted by atomic mass is 10.2. The molecule has 0 aliphatic carbocycles. The molecule has 0 amide bonds. The molecule has 7 heteroatoms. The second kappa shape index (κ2) is 8.39. The Hall–Kier alpha value is -1.73. The van der Waals surface area contributed by atoms with Gasteiger partial charge in [0, 0.05) is 13.5 Å². The Morgan fingerprint density at radius 2 is 1.95 bits per heavy atom. The van der Waals surface area contributed by atoms with Gasteiger partial charge in [0.1, 0.15) is 0 Å². The van der Waals surface area contributed by atoms with Crippen molar-refractivity contribution in [2.45, 2.75) is 6.42 Å². The molecular formula is C12H18N2O5. The van der Waals surface area contributed by atoms with E-state index in [-0.39, 0.29) is 23.8 Å². The number of ether oxygens (including phenoxy) is 4. The Morgan fingerprint density at radius 1 is 1.16 bits per heavy atom. The van der Waals surface area contributed by atoms with Crippen LogP contribution >= 0.6 is 0 Å². The van der Waals surface area contributed by atoms with E-state index in [0.29, 0.717) is 25.7 Å². The summed E-state index contributed by atoms with van der Waals surface area (Å²) in [5.74, 6) is 0.260. The highest BCUT2D eigenvalue weighted by molar-refractivity contribution is 5.96. The maximum atomic E-state index is 11.9. The first-order chi connectivity index (χ1) is 9.22. The lowest BCUT2D eigenvalue weighted by Crippen LogP contribution is -2.11. The van der Waals surface area contributed by atoms with Crippen LogP contribution in [0.5, 0.6) is 11.8 Å². The minimum atomic E-state index is -0.190. The fraction of sp³-hybridized carbons (Fsp3) is 0.583. The molecule has 0 saturated carbocycles. The van der Waals surface area contributed by atoms with Gasteiger partial charge in [-0.1, -0.05) is 0 Å². The van der Waals surface area contributed by atoms with Crippen LogP contribution in [0.4, 0.5) is 0 Å². The molecule has 0 N–H and O–H groups in total. The van der Waals surface area contributed by atoms with Crippen LogP contribution in [0.15, 0.2) is 6.20 Å². The van der Waals surface area contributed by atoms with Crippen molar-refractivity contribution in [3.8, 4) is 11.8 Å². The Labute approximate surface area is 111 Å². The molecule has 1 heterocycles. The van der Waals surface area contributed by atoms with Gasteiger partial charge < -0.3 is 18.9 Å². The first-order valence-electron chi connectivity index (χ1n) is 5.77. The van der Waals surface area contributed by atoms with Crippen molar-refractivity contribution >= 4 is 5.78 Å². The van der Waals surface area contributed by atoms with E-state index in [2.05, 4.69) is 9.97 Å². The fourth-order valence-corrected chi connectivity index (χ4v) is 1.32. The van der Waals surface area contributed by atoms with Crippen molar-refractivity contribution in [1.82, 2.24) is 9.97 Å². The number of rotatable bonds is 9. The van der Waals surface area contributed by atoms with Crippen molar-refractivity contribution < 1.29 is 23.7 Å². The molecule has 106 valence electrons. The average Bonchev–Trinajstić information content (AvgIpc) is 2.46. The summed E-state index contributed by atoms with van der Waals surface area (Å²) in [6.07, 6.45) is 1.59. The first kappa shape index (κ1) is 15.3. The number of aromatic nitrogens is 2. The topological polar surface area (TPSA) is 79.8 Å². The standard InChI is InChI=1S/C12H18N2O5/c1-16-6-7-19-5-4-9(15)11-12(18-3)14-10(17-2)8-13-11/h8H,4-7H2,1-3H3. The van der Waals surface area contributed by atoms with Gasteiger partial charge in [-0.05, 0) is 0 Å². The Morgan fingerprint density at radius 3 is 2.58 bits per heavy atom. The highest BCUT2D eigenvalue weighted by atomic mass is 16.5. The third-order valence-electron chi connectivity index (χ3n) is 2.29. The van der Waals surface area contributed by atoms with E-state index in [0.717, 1.165) is 0 Å². The molecule has 0 unspecified atom stereocenters. The third-order valence-corrected chi connectivity index (χ3v) is 2.29. The number of Topliss-reactive ketones (excluding diaryl/α,β-unsaturated/α-hetero) is 1. The van der Waals surface area contributed by atoms with Crippen LogP contribution in [-0.2, 0) is 9.47 Å². The number of nitrogens with zero attached hydrogens (tertiary/aromatic N) is 2. The summed E-state index contributed by atoms with van der Waals surface area (Å²) in [5, 5.41) is 0. The van der Waals surface area contributed by atoms with Gasteiger partial charge in [-0.3, -0.25) is 4.79 Å². The van der Waals surface area contributed by atoms with Gasteiger partial charge in [0.15, 0.2) is 11.5 Å². The molecule has 0 aliphatic rings. The molecule has 0 radical (unpaired) electrons. The van der Waals surface area contributed by atoms with Gasteiger partial charge in [-0.2, -0.15) is 4.98 Å². The van der Waals surface area contributed by atoms with E-state index >= 15 is 0 Å². The summed E-state index contributed by atoms with van der Waals surface area (Å²) in [4.78, 5) is 19.9. The van der Waals surface area contributed by atoms with Gasteiger partial charge >= 0.3 is 0 Å². The zero-order valence-corrected chi connectivity index (χ0v) is 11.3. The molecule has 19 heavy (non-hydrogen) atoms. The van der Waals surface area contributed by atoms with Gasteiger partial charge in [-0.25, -0.2) is 4.98 Å². The number of methoxy groups -OCH3 is 3. The van der Waals surface area contributed by atoms with E-state index in [4.69, 9.17) is 18.9 Å². The maximum absolute atomic E-state index is 11.9. The molecule has 0 aliphatic heterocycles. The second-order valence-corrected chi connectivity index (χ2v) is 3.55. The zero-order chi connectivity index (χ0) is 14.1. The van der Waals surface area contributed by atoms with Crippen LogP contribution in [0, 0.1) is 0 Å². The first-order valence-corrected chi connectivity index (χ1v) is 5.77. The molecule has 1 aromatic heterocycles. The van der Waals surface area contributed by atoms with Crippen LogP contribution in [0.2, 0.25) is 0 Å². The predicted molar refractivity (Wildman–Crippen MR) is 66.8 cm³/mol. The molecule has 0 saturated heterocycles. The van der Waals surface area contributed by atoms with Crippen LogP contribution in [0.1, 0.15) is 16.9 Å². The normalized spacial score (nSPS) is 10.3. The van der Waals surface area contributed by atoms with E-state index < -0.39 is 0 Å². The molecule has 7 nitrogen and oxygen atoms in total. The summed E-state index contributed by atoms with van der Waals surface area (Å²) >= 11 is 0. The molecule has 0 aromatic carbocycles. The summed E-state index contributed by atoms with van der Waals surface area (Å²) < 4.78 is 20.0. The van der Waals surface area contributed by atoms with Crippen LogP contribution in [0.3, 0.4) is 0 Å². The minimum Gasteiger partial charge on any atom is -0.480 e. The Bertz CT molecular complexity index is 411. The van der Waals surface area contributed by atoms with E-state index in [1.807, 2.05) is 0 Å². The van der Waals surface area contributed by atoms with Crippen LogP contribution in [-0.4, -0.2) is 56.9 Å². The fourth-order valence-electron chi connectivity index (χ4n) is 1.32. The van der Waals surface area contributed by atoms with E-state index in [9.17, 15) is 4.79 Å². The number of carbonyl (C=O) groups is 1. The maximum Gasteiger partial charge on any atom is 0.246 e. The van der Waals surface area contributed by atoms with Crippen molar-refractivity contribution in [3.63, 3.8) is 0 Å². The molecule has 1 rings (SSSR count). The average molecular weight is 270 g/mol. The lowest BCUT2D eigenvalue weighted by Gasteiger charge is -2.07. The number of carbonyl (C=O) groups excluding carboxylic acids is 1. The second-order valence-electron chi connectivity index (χ2n) is 3.55. The SMILES string of the molecule is COCCOCCC(=O)c1ncc(OC)nc1OC. The van der Waals surface area contributed by atoms with Crippen molar-refractivity contribution in [2.75, 3.05) is 41.2 Å². The molecule has 1 aromatic rings. The minimum absolute atomic E-state index is 0.154. The van der Waals surface area contributed by atoms with Gasteiger partial charge in [0.05, 0.1) is 40.2 Å². The molecule has 0 spiro atoms. The van der Waals surface area contributed by atoms with Gasteiger partial charge in [0.2, 0.25) is 11.8 Å². The highest BCUT2D eigenvalue weighted by Gasteiger charge is 2.16. The van der Waals surface area contributed by atoms with E-state index in [1.54, 1.807) is 7.11 Å². The summed E-state index contributed by atoms with van der Waals surface area (Å²) in [6, 6.07) is 0. The Kier molecular flexibility index (Phi) is 6.76. The van der Waals surface area contributed by atoms with Gasteiger partial charge in [-0.15, -0.1) is 0 Å². The van der Waals surface area contributed by atoms with Gasteiger partial charge in [0.25, 0.3) is 0 Å². The summed E-state index contributed by atoms with van der Waals surface area (Å²) in [6.45, 7) is 1.26. The summed E-state index contributed by atoms with van der Waals surface area (Å²) in [7, 11) is 4.48. The number of ketones is 1. The van der Waals surface area contributed by atoms with Crippen molar-refractivity contribution in [2.24, 2.45) is 0 Å². The molecular weight excluding hydrogens is 252 g/mol.